The molecular weight excluding hydrogens is 188 g/mol. The standard InChI is InChI=1S/C11H8N4/c12-8-9-4-3-7-14-11(9)15-10-5-1-2-6-13-10/h1-7H,(H,13,14,15). The van der Waals surface area contributed by atoms with Gasteiger partial charge in [0.2, 0.25) is 0 Å². The molecule has 0 radical (unpaired) electrons. The van der Waals surface area contributed by atoms with E-state index in [2.05, 4.69) is 21.4 Å². The maximum Gasteiger partial charge on any atom is 0.149 e. The van der Waals surface area contributed by atoms with Gasteiger partial charge in [0.25, 0.3) is 0 Å². The topological polar surface area (TPSA) is 61.6 Å². The number of nitriles is 1. The van der Waals surface area contributed by atoms with Crippen molar-refractivity contribution in [1.82, 2.24) is 9.97 Å². The Bertz CT molecular complexity index is 487. The zero-order valence-corrected chi connectivity index (χ0v) is 7.88. The van der Waals surface area contributed by atoms with Crippen LogP contribution in [0, 0.1) is 11.3 Å². The molecule has 0 aromatic carbocycles. The third-order valence-electron chi connectivity index (χ3n) is 1.84. The molecule has 2 heterocycles. The Hall–Kier alpha value is -2.41. The average Bonchev–Trinajstić information content (AvgIpc) is 2.31. The monoisotopic (exact) mass is 196 g/mol. The Morgan fingerprint density at radius 2 is 1.93 bits per heavy atom. The van der Waals surface area contributed by atoms with Gasteiger partial charge in [-0.15, -0.1) is 0 Å². The third-order valence-corrected chi connectivity index (χ3v) is 1.84. The molecule has 4 nitrogen and oxygen atoms in total. The molecule has 0 aliphatic heterocycles. The largest absolute Gasteiger partial charge is 0.324 e. The first kappa shape index (κ1) is 9.16. The molecule has 0 unspecified atom stereocenters. The van der Waals surface area contributed by atoms with Crippen LogP contribution in [0.15, 0.2) is 42.7 Å². The second-order valence-electron chi connectivity index (χ2n) is 2.85. The molecule has 0 amide bonds. The van der Waals surface area contributed by atoms with Crippen molar-refractivity contribution in [2.45, 2.75) is 0 Å². The number of nitrogens with zero attached hydrogens (tertiary/aromatic N) is 3. The van der Waals surface area contributed by atoms with Crippen molar-refractivity contribution in [1.29, 1.82) is 5.26 Å². The second kappa shape index (κ2) is 4.20. The third kappa shape index (κ3) is 2.09. The van der Waals surface area contributed by atoms with E-state index in [1.54, 1.807) is 24.5 Å². The fourth-order valence-corrected chi connectivity index (χ4v) is 1.15. The highest BCUT2D eigenvalue weighted by Crippen LogP contribution is 2.14. The van der Waals surface area contributed by atoms with Crippen molar-refractivity contribution < 1.29 is 0 Å². The highest BCUT2D eigenvalue weighted by molar-refractivity contribution is 5.59. The van der Waals surface area contributed by atoms with E-state index < -0.39 is 0 Å². The Labute approximate surface area is 87.2 Å². The summed E-state index contributed by atoms with van der Waals surface area (Å²) >= 11 is 0. The quantitative estimate of drug-likeness (QED) is 0.798. The Balaban J connectivity index is 2.29. The van der Waals surface area contributed by atoms with Crippen LogP contribution in [0.1, 0.15) is 5.56 Å². The van der Waals surface area contributed by atoms with E-state index in [1.165, 1.54) is 0 Å². The molecule has 4 heteroatoms. The van der Waals surface area contributed by atoms with Crippen LogP contribution in [0.25, 0.3) is 0 Å². The predicted molar refractivity (Wildman–Crippen MR) is 56.5 cm³/mol. The van der Waals surface area contributed by atoms with E-state index >= 15 is 0 Å². The van der Waals surface area contributed by atoms with Gasteiger partial charge in [-0.2, -0.15) is 5.26 Å². The van der Waals surface area contributed by atoms with E-state index in [1.807, 2.05) is 18.2 Å². The summed E-state index contributed by atoms with van der Waals surface area (Å²) in [6.07, 6.45) is 3.31. The maximum absolute atomic E-state index is 8.85. The van der Waals surface area contributed by atoms with Crippen LogP contribution in [0.2, 0.25) is 0 Å². The average molecular weight is 196 g/mol. The summed E-state index contributed by atoms with van der Waals surface area (Å²) in [7, 11) is 0. The smallest absolute Gasteiger partial charge is 0.149 e. The zero-order chi connectivity index (χ0) is 10.5. The van der Waals surface area contributed by atoms with Crippen LogP contribution < -0.4 is 5.32 Å². The number of rotatable bonds is 2. The van der Waals surface area contributed by atoms with Crippen LogP contribution >= 0.6 is 0 Å². The lowest BCUT2D eigenvalue weighted by molar-refractivity contribution is 1.24. The van der Waals surface area contributed by atoms with E-state index in [0.29, 0.717) is 17.2 Å². The molecule has 0 spiro atoms. The van der Waals surface area contributed by atoms with Crippen LogP contribution in [-0.4, -0.2) is 9.97 Å². The van der Waals surface area contributed by atoms with Gasteiger partial charge in [-0.1, -0.05) is 6.07 Å². The highest BCUT2D eigenvalue weighted by Gasteiger charge is 2.02. The van der Waals surface area contributed by atoms with Gasteiger partial charge in [0.05, 0.1) is 5.56 Å². The Morgan fingerprint density at radius 1 is 1.07 bits per heavy atom. The summed E-state index contributed by atoms with van der Waals surface area (Å²) in [5, 5.41) is 11.8. The first-order valence-electron chi connectivity index (χ1n) is 4.43. The van der Waals surface area contributed by atoms with Crippen LogP contribution in [0.5, 0.6) is 0 Å². The second-order valence-corrected chi connectivity index (χ2v) is 2.85. The van der Waals surface area contributed by atoms with E-state index in [-0.39, 0.29) is 0 Å². The first-order valence-corrected chi connectivity index (χ1v) is 4.43. The van der Waals surface area contributed by atoms with Crippen molar-refractivity contribution in [3.8, 4) is 6.07 Å². The summed E-state index contributed by atoms with van der Waals surface area (Å²) < 4.78 is 0. The molecule has 0 bridgehead atoms. The molecule has 72 valence electrons. The van der Waals surface area contributed by atoms with E-state index in [4.69, 9.17) is 5.26 Å². The van der Waals surface area contributed by atoms with Crippen LogP contribution in [0.3, 0.4) is 0 Å². The first-order chi connectivity index (χ1) is 7.40. The number of aromatic nitrogens is 2. The molecule has 0 atom stereocenters. The summed E-state index contributed by atoms with van der Waals surface area (Å²) in [5.41, 5.74) is 0.503. The van der Waals surface area contributed by atoms with Crippen molar-refractivity contribution in [2.75, 3.05) is 5.32 Å². The van der Waals surface area contributed by atoms with Gasteiger partial charge in [-0.05, 0) is 24.3 Å². The van der Waals surface area contributed by atoms with Gasteiger partial charge < -0.3 is 5.32 Å². The van der Waals surface area contributed by atoms with Gasteiger partial charge in [0.1, 0.15) is 17.7 Å². The van der Waals surface area contributed by atoms with Gasteiger partial charge in [0, 0.05) is 12.4 Å². The zero-order valence-electron chi connectivity index (χ0n) is 7.88. The summed E-state index contributed by atoms with van der Waals surface area (Å²) in [5.74, 6) is 1.20. The number of nitrogens with one attached hydrogen (secondary N) is 1. The lowest BCUT2D eigenvalue weighted by Crippen LogP contribution is -1.97. The minimum atomic E-state index is 0.503. The van der Waals surface area contributed by atoms with Crippen molar-refractivity contribution in [2.24, 2.45) is 0 Å². The molecule has 0 saturated carbocycles. The minimum absolute atomic E-state index is 0.503. The normalized spacial score (nSPS) is 9.27. The molecule has 2 aromatic heterocycles. The predicted octanol–water partition coefficient (Wildman–Crippen LogP) is 2.09. The molecule has 0 fully saturated rings. The van der Waals surface area contributed by atoms with Gasteiger partial charge in [-0.25, -0.2) is 9.97 Å². The van der Waals surface area contributed by atoms with Gasteiger partial charge in [-0.3, -0.25) is 0 Å². The molecule has 0 aliphatic rings. The highest BCUT2D eigenvalue weighted by atomic mass is 15.0. The minimum Gasteiger partial charge on any atom is -0.324 e. The lowest BCUT2D eigenvalue weighted by atomic mass is 10.3. The molecular formula is C11H8N4. The Kier molecular flexibility index (Phi) is 2.56. The summed E-state index contributed by atoms with van der Waals surface area (Å²) in [4.78, 5) is 8.16. The van der Waals surface area contributed by atoms with Gasteiger partial charge >= 0.3 is 0 Å². The van der Waals surface area contributed by atoms with Crippen LogP contribution in [-0.2, 0) is 0 Å². The van der Waals surface area contributed by atoms with Gasteiger partial charge in [0.15, 0.2) is 0 Å². The lowest BCUT2D eigenvalue weighted by Gasteiger charge is -2.04. The molecule has 0 aliphatic carbocycles. The van der Waals surface area contributed by atoms with Crippen LogP contribution in [0.4, 0.5) is 11.6 Å². The number of anilines is 2. The summed E-state index contributed by atoms with van der Waals surface area (Å²) in [6, 6.07) is 11.0. The molecule has 2 aromatic rings. The number of hydrogen-bond acceptors (Lipinski definition) is 4. The molecule has 0 saturated heterocycles. The summed E-state index contributed by atoms with van der Waals surface area (Å²) in [6.45, 7) is 0. The van der Waals surface area contributed by atoms with Crippen molar-refractivity contribution in [3.05, 3.63) is 48.3 Å². The molecule has 2 rings (SSSR count). The fourth-order valence-electron chi connectivity index (χ4n) is 1.15. The van der Waals surface area contributed by atoms with E-state index in [9.17, 15) is 0 Å². The molecule has 15 heavy (non-hydrogen) atoms. The maximum atomic E-state index is 8.85. The number of pyridine rings is 2. The number of hydrogen-bond donors (Lipinski definition) is 1. The SMILES string of the molecule is N#Cc1cccnc1Nc1ccccn1. The van der Waals surface area contributed by atoms with Crippen molar-refractivity contribution >= 4 is 11.6 Å². The fraction of sp³-hybridized carbons (Fsp3) is 0. The Morgan fingerprint density at radius 3 is 2.67 bits per heavy atom. The van der Waals surface area contributed by atoms with Crippen molar-refractivity contribution in [3.63, 3.8) is 0 Å². The molecule has 1 N–H and O–H groups in total. The van der Waals surface area contributed by atoms with E-state index in [0.717, 1.165) is 0 Å².